The highest BCUT2D eigenvalue weighted by molar-refractivity contribution is 7.88. The Morgan fingerprint density at radius 2 is 1.80 bits per heavy atom. The number of carbonyl (C=O) groups excluding carboxylic acids is 1. The van der Waals surface area contributed by atoms with Crippen LogP contribution in [0, 0.1) is 11.7 Å². The van der Waals surface area contributed by atoms with Crippen LogP contribution in [0.3, 0.4) is 0 Å². The molecule has 6 aromatic rings. The molecule has 0 spiro atoms. The zero-order chi connectivity index (χ0) is 31.1. The molecule has 0 bridgehead atoms. The minimum Gasteiger partial charge on any atom is -0.335 e. The van der Waals surface area contributed by atoms with Crippen molar-refractivity contribution in [3.63, 3.8) is 0 Å². The lowest BCUT2D eigenvalue weighted by molar-refractivity contribution is -0.119. The zero-order valence-corrected chi connectivity index (χ0v) is 24.9. The zero-order valence-electron chi connectivity index (χ0n) is 24.1. The van der Waals surface area contributed by atoms with E-state index in [2.05, 4.69) is 40.2 Å². The van der Waals surface area contributed by atoms with E-state index in [1.165, 1.54) is 12.1 Å². The first kappa shape index (κ1) is 28.7. The summed E-state index contributed by atoms with van der Waals surface area (Å²) in [6.07, 6.45) is 13.2. The van der Waals surface area contributed by atoms with E-state index in [9.17, 15) is 17.6 Å². The Bertz CT molecular complexity index is 2190. The van der Waals surface area contributed by atoms with Crippen molar-refractivity contribution in [2.45, 2.75) is 32.2 Å². The van der Waals surface area contributed by atoms with Gasteiger partial charge in [0.05, 0.1) is 52.8 Å². The number of halogens is 1. The molecule has 7 rings (SSSR count). The van der Waals surface area contributed by atoms with Crippen molar-refractivity contribution >= 4 is 43.6 Å². The van der Waals surface area contributed by atoms with E-state index in [1.807, 2.05) is 12.1 Å². The van der Waals surface area contributed by atoms with Gasteiger partial charge < -0.3 is 10.3 Å². The van der Waals surface area contributed by atoms with Gasteiger partial charge in [0.2, 0.25) is 15.9 Å². The third-order valence-electron chi connectivity index (χ3n) is 7.90. The summed E-state index contributed by atoms with van der Waals surface area (Å²) in [6, 6.07) is 8.07. The fourth-order valence-electron chi connectivity index (χ4n) is 5.71. The third kappa shape index (κ3) is 6.01. The van der Waals surface area contributed by atoms with E-state index < -0.39 is 15.8 Å². The second-order valence-corrected chi connectivity index (χ2v) is 13.1. The molecule has 1 aliphatic carbocycles. The van der Waals surface area contributed by atoms with Crippen molar-refractivity contribution in [3.8, 4) is 33.9 Å². The predicted molar refractivity (Wildman–Crippen MR) is 168 cm³/mol. The van der Waals surface area contributed by atoms with Gasteiger partial charge in [-0.15, -0.1) is 0 Å². The molecular weight excluding hydrogens is 597 g/mol. The Morgan fingerprint density at radius 1 is 0.978 bits per heavy atom. The maximum atomic E-state index is 14.6. The molecule has 1 aliphatic rings. The van der Waals surface area contributed by atoms with Crippen LogP contribution >= 0.6 is 0 Å². The Balaban J connectivity index is 1.22. The van der Waals surface area contributed by atoms with Crippen LogP contribution in [0.25, 0.3) is 55.8 Å². The fourth-order valence-corrected chi connectivity index (χ4v) is 6.14. The van der Waals surface area contributed by atoms with Crippen LogP contribution in [0.4, 0.5) is 10.1 Å². The molecule has 45 heavy (non-hydrogen) atoms. The van der Waals surface area contributed by atoms with Gasteiger partial charge in [-0.2, -0.15) is 5.10 Å². The molecule has 4 N–H and O–H groups in total. The summed E-state index contributed by atoms with van der Waals surface area (Å²) < 4.78 is 40.1. The van der Waals surface area contributed by atoms with Crippen LogP contribution in [-0.4, -0.2) is 55.7 Å². The number of hydrogen-bond acceptors (Lipinski definition) is 8. The Labute approximate surface area is 257 Å². The van der Waals surface area contributed by atoms with Crippen molar-refractivity contribution in [2.75, 3.05) is 11.6 Å². The van der Waals surface area contributed by atoms with Gasteiger partial charge in [0, 0.05) is 41.4 Å². The number of benzene rings is 1. The number of nitrogens with zero attached hydrogens (tertiary/aromatic N) is 5. The van der Waals surface area contributed by atoms with Gasteiger partial charge in [0.15, 0.2) is 5.82 Å². The highest BCUT2D eigenvalue weighted by atomic mass is 32.2. The number of amides is 1. The second kappa shape index (κ2) is 11.4. The maximum absolute atomic E-state index is 14.6. The lowest BCUT2D eigenvalue weighted by Gasteiger charge is -2.11. The van der Waals surface area contributed by atoms with Crippen LogP contribution in [-0.2, 0) is 21.4 Å². The van der Waals surface area contributed by atoms with Gasteiger partial charge in [-0.1, -0.05) is 12.8 Å². The molecule has 1 fully saturated rings. The summed E-state index contributed by atoms with van der Waals surface area (Å²) in [5.41, 5.74) is 5.92. The molecular formula is C31H28FN9O3S. The van der Waals surface area contributed by atoms with Crippen molar-refractivity contribution < 1.29 is 17.6 Å². The highest BCUT2D eigenvalue weighted by Gasteiger charge is 2.23. The monoisotopic (exact) mass is 625 g/mol. The van der Waals surface area contributed by atoms with E-state index in [1.54, 1.807) is 37.1 Å². The molecule has 5 heterocycles. The molecule has 0 saturated heterocycles. The minimum absolute atomic E-state index is 0.0192. The number of nitrogens with one attached hydrogen (secondary N) is 4. The first-order valence-electron chi connectivity index (χ1n) is 14.4. The lowest BCUT2D eigenvalue weighted by Crippen LogP contribution is -2.21. The van der Waals surface area contributed by atoms with Crippen LogP contribution in [0.1, 0.15) is 31.2 Å². The first-order valence-corrected chi connectivity index (χ1v) is 16.3. The fraction of sp³-hybridized carbons (Fsp3) is 0.226. The van der Waals surface area contributed by atoms with E-state index >= 15 is 0 Å². The van der Waals surface area contributed by atoms with Gasteiger partial charge in [-0.3, -0.25) is 24.8 Å². The first-order chi connectivity index (χ1) is 21.7. The van der Waals surface area contributed by atoms with Crippen molar-refractivity contribution in [3.05, 3.63) is 72.7 Å². The Hall–Kier alpha value is -5.08. The summed E-state index contributed by atoms with van der Waals surface area (Å²) in [5.74, 6) is 0.0102. The van der Waals surface area contributed by atoms with Crippen LogP contribution in [0.5, 0.6) is 0 Å². The van der Waals surface area contributed by atoms with Crippen LogP contribution in [0.15, 0.2) is 61.3 Å². The van der Waals surface area contributed by atoms with E-state index in [0.29, 0.717) is 56.1 Å². The number of fused-ring (bicyclic) bond motifs is 2. The smallest absolute Gasteiger partial charge is 0.227 e. The van der Waals surface area contributed by atoms with Crippen molar-refractivity contribution in [1.82, 2.24) is 39.8 Å². The predicted octanol–water partition coefficient (Wildman–Crippen LogP) is 4.94. The molecule has 14 heteroatoms. The van der Waals surface area contributed by atoms with Gasteiger partial charge in [0.1, 0.15) is 11.5 Å². The average molecular weight is 626 g/mol. The quantitative estimate of drug-likeness (QED) is 0.184. The lowest BCUT2D eigenvalue weighted by atomic mass is 10.0. The Kier molecular flexibility index (Phi) is 7.30. The van der Waals surface area contributed by atoms with Crippen molar-refractivity contribution in [2.24, 2.45) is 5.92 Å². The van der Waals surface area contributed by atoms with Crippen LogP contribution in [0.2, 0.25) is 0 Å². The standard InChI is InChI=1S/C31H28FN9O3S/c1-45(43,44)36-11-17-6-19(8-21(32)7-17)24-14-34-15-27-28(24)39-30(38-27)29-23-10-25(35-16-26(23)40-41-29)20-9-22(13-33-12-20)37-31(42)18-4-2-3-5-18/h6-10,12-16,18,36H,2-5,11H2,1H3,(H,37,42)(H,38,39)(H,40,41). The number of sulfonamides is 1. The van der Waals surface area contributed by atoms with Gasteiger partial charge in [-0.05, 0) is 54.3 Å². The van der Waals surface area contributed by atoms with E-state index in [0.717, 1.165) is 42.9 Å². The number of hydrogen-bond donors (Lipinski definition) is 4. The second-order valence-electron chi connectivity index (χ2n) is 11.2. The van der Waals surface area contributed by atoms with Gasteiger partial charge in [-0.25, -0.2) is 22.5 Å². The van der Waals surface area contributed by atoms with E-state index in [-0.39, 0.29) is 18.4 Å². The maximum Gasteiger partial charge on any atom is 0.227 e. The number of carbonyl (C=O) groups is 1. The SMILES string of the molecule is CS(=O)(=O)NCc1cc(F)cc(-c2cncc3[nH]c(-c4n[nH]c5cnc(-c6cncc(NC(=O)C7CCCC7)c6)cc45)nc23)c1. The number of imidazole rings is 1. The average Bonchev–Trinajstić information content (AvgIpc) is 3.79. The largest absolute Gasteiger partial charge is 0.335 e. The normalized spacial score (nSPS) is 14.0. The number of rotatable bonds is 8. The third-order valence-corrected chi connectivity index (χ3v) is 8.57. The number of H-pyrrole nitrogens is 2. The van der Waals surface area contributed by atoms with Crippen LogP contribution < -0.4 is 10.0 Å². The summed E-state index contributed by atoms with van der Waals surface area (Å²) in [5, 5.41) is 11.3. The molecule has 5 aromatic heterocycles. The summed E-state index contributed by atoms with van der Waals surface area (Å²) in [7, 11) is -3.46. The number of pyridine rings is 3. The van der Waals surface area contributed by atoms with Crippen molar-refractivity contribution in [1.29, 1.82) is 0 Å². The number of anilines is 1. The van der Waals surface area contributed by atoms with Gasteiger partial charge in [0.25, 0.3) is 0 Å². The molecule has 0 atom stereocenters. The number of aromatic nitrogens is 7. The summed E-state index contributed by atoms with van der Waals surface area (Å²) in [6.45, 7) is -0.0558. The highest BCUT2D eigenvalue weighted by Crippen LogP contribution is 2.33. The molecule has 1 saturated carbocycles. The molecule has 12 nitrogen and oxygen atoms in total. The molecule has 0 radical (unpaired) electrons. The number of aromatic amines is 2. The molecule has 0 aliphatic heterocycles. The minimum atomic E-state index is -3.46. The molecule has 0 unspecified atom stereocenters. The van der Waals surface area contributed by atoms with Gasteiger partial charge >= 0.3 is 0 Å². The Morgan fingerprint density at radius 3 is 2.62 bits per heavy atom. The molecule has 1 aromatic carbocycles. The molecule has 228 valence electrons. The molecule has 1 amide bonds. The summed E-state index contributed by atoms with van der Waals surface area (Å²) in [4.78, 5) is 34.0. The topological polar surface area (TPSA) is 171 Å². The summed E-state index contributed by atoms with van der Waals surface area (Å²) >= 11 is 0. The van der Waals surface area contributed by atoms with E-state index in [4.69, 9.17) is 4.98 Å².